The number of hydrogen-bond acceptors (Lipinski definition) is 16. The Morgan fingerprint density at radius 1 is 0.418 bits per heavy atom. The minimum atomic E-state index is -0.0213. The molecule has 0 unspecified atom stereocenters. The van der Waals surface area contributed by atoms with Crippen LogP contribution in [0.3, 0.4) is 0 Å². The fraction of sp³-hybridized carbons (Fsp3) is 0.210. The van der Waals surface area contributed by atoms with Crippen LogP contribution in [0, 0.1) is 76.0 Å². The summed E-state index contributed by atoms with van der Waals surface area (Å²) in [4.78, 5) is 94.0. The molecular weight excluding hydrogens is 1310 g/mol. The summed E-state index contributed by atoms with van der Waals surface area (Å²) in [6.45, 7) is 4.20. The van der Waals surface area contributed by atoms with E-state index in [-0.39, 0.29) is 34.3 Å². The number of benzene rings is 2. The Kier molecular flexibility index (Phi) is 22.5. The number of nitrogens with zero attached hydrogens (tertiary/aromatic N) is 9. The third-order valence-corrected chi connectivity index (χ3v) is 17.1. The molecule has 8 aromatic heterocycles. The van der Waals surface area contributed by atoms with Crippen LogP contribution in [0.2, 0.25) is 0 Å². The fourth-order valence-corrected chi connectivity index (χ4v) is 12.0. The second kappa shape index (κ2) is 32.6. The molecule has 0 fully saturated rings. The standard InChI is InChI=1S/C18H16N2O.C18H12N2O.C17H12BrNO.C14H10N2O2.C14H10N2OS/c1-18(2)10-16-15(17(21)11-18)8-7-14(20-16)6-5-13-4-3-9-19-12-13;19-12-14-4-1-3-13(11-14)7-8-15-9-10-16-17(20-15)5-2-6-18(16)21;18-13-4-1-3-12(11-13)7-8-14-9-10-15-16(19-14)5-2-6-17(15)20;2*17-14-3-1-2-13-12(14)7-5-10(16-13)4-6-11-8-15-9-18-11/h3-4,7-9,12H,10-11H2,1-2H3;1,3-4,9-11H,2,5-6H2;1,3-4,9-11H,2,5-6H2;2*5,7-9H,1-3H2. The molecule has 2 aromatic carbocycles. The average Bonchev–Trinajstić information content (AvgIpc) is 1.06. The van der Waals surface area contributed by atoms with Crippen LogP contribution in [-0.4, -0.2) is 68.8 Å². The summed E-state index contributed by atoms with van der Waals surface area (Å²) >= 11 is 4.93. The molecule has 5 aliphatic rings. The highest BCUT2D eigenvalue weighted by atomic mass is 79.9. The molecule has 0 atom stereocenters. The third-order valence-electron chi connectivity index (χ3n) is 15.9. The molecule has 0 spiro atoms. The molecule has 98 heavy (non-hydrogen) atoms. The Bertz CT molecular complexity index is 4980. The molecule has 0 bridgehead atoms. The maximum atomic E-state index is 12.1. The van der Waals surface area contributed by atoms with Crippen LogP contribution in [-0.2, 0) is 32.1 Å². The molecule has 0 saturated carbocycles. The Morgan fingerprint density at radius 2 is 0.857 bits per heavy atom. The summed E-state index contributed by atoms with van der Waals surface area (Å²) in [5.74, 6) is 31.4. The largest absolute Gasteiger partial charge is 0.435 e. The van der Waals surface area contributed by atoms with Gasteiger partial charge in [0.25, 0.3) is 0 Å². The predicted molar refractivity (Wildman–Crippen MR) is 375 cm³/mol. The Hall–Kier alpha value is -11.7. The van der Waals surface area contributed by atoms with Gasteiger partial charge < -0.3 is 4.42 Å². The summed E-state index contributed by atoms with van der Waals surface area (Å²) in [5, 5.41) is 8.86. The summed E-state index contributed by atoms with van der Waals surface area (Å²) in [7, 11) is 0. The second-order valence-electron chi connectivity index (χ2n) is 23.9. The zero-order valence-electron chi connectivity index (χ0n) is 53.7. The highest BCUT2D eigenvalue weighted by Gasteiger charge is 2.32. The van der Waals surface area contributed by atoms with Gasteiger partial charge >= 0.3 is 0 Å². The first-order valence-corrected chi connectivity index (χ1v) is 33.5. The molecule has 0 radical (unpaired) electrons. The topological polar surface area (TPSA) is 225 Å². The van der Waals surface area contributed by atoms with E-state index < -0.39 is 0 Å². The summed E-state index contributed by atoms with van der Waals surface area (Å²) in [6, 6.07) is 39.0. The number of Topliss-reactive ketones (excluding diaryl/α,β-unsaturated/α-hetero) is 5. The van der Waals surface area contributed by atoms with E-state index in [1.807, 2.05) is 97.1 Å². The van der Waals surface area contributed by atoms with E-state index in [4.69, 9.17) is 9.68 Å². The first-order chi connectivity index (χ1) is 47.7. The molecule has 0 saturated heterocycles. The molecule has 0 aliphatic heterocycles. The van der Waals surface area contributed by atoms with Gasteiger partial charge in [0, 0.05) is 93.5 Å². The van der Waals surface area contributed by atoms with Crippen molar-refractivity contribution in [1.29, 1.82) is 5.26 Å². The predicted octanol–water partition coefficient (Wildman–Crippen LogP) is 14.1. The smallest absolute Gasteiger partial charge is 0.197 e. The first kappa shape index (κ1) is 67.7. The van der Waals surface area contributed by atoms with Gasteiger partial charge in [-0.15, -0.1) is 11.3 Å². The molecule has 15 rings (SSSR count). The van der Waals surface area contributed by atoms with Gasteiger partial charge in [0.05, 0.1) is 62.9 Å². The average molecular weight is 1370 g/mol. The van der Waals surface area contributed by atoms with E-state index in [1.54, 1.807) is 54.6 Å². The van der Waals surface area contributed by atoms with Crippen LogP contribution in [0.5, 0.6) is 0 Å². The van der Waals surface area contributed by atoms with Gasteiger partial charge in [-0.1, -0.05) is 59.7 Å². The quantitative estimate of drug-likeness (QED) is 0.129. The lowest BCUT2D eigenvalue weighted by molar-refractivity contribution is 0.0906. The third kappa shape index (κ3) is 18.8. The van der Waals surface area contributed by atoms with Gasteiger partial charge in [-0.2, -0.15) is 5.26 Å². The summed E-state index contributed by atoms with van der Waals surface area (Å²) in [5.41, 5.74) is 16.5. The van der Waals surface area contributed by atoms with Crippen molar-refractivity contribution in [3.05, 3.63) is 280 Å². The monoisotopic (exact) mass is 1370 g/mol. The number of fused-ring (bicyclic) bond motifs is 5. The van der Waals surface area contributed by atoms with Crippen LogP contribution < -0.4 is 0 Å². The van der Waals surface area contributed by atoms with Crippen LogP contribution in [0.4, 0.5) is 0 Å². The molecular formula is C81H60BrN9O6S. The Morgan fingerprint density at radius 3 is 1.31 bits per heavy atom. The van der Waals surface area contributed by atoms with E-state index in [9.17, 15) is 24.0 Å². The number of pyridine rings is 6. The van der Waals surface area contributed by atoms with Crippen molar-refractivity contribution in [2.45, 2.75) is 104 Å². The SMILES string of the molecule is CC1(C)CC(=O)c2ccc(C#Cc3cccnc3)nc2C1.N#Cc1cccc(C#Cc2ccc3c(n2)CCCC3=O)c1.O=C1CCCc2nc(C#Cc3cccc(Br)c3)ccc21.O=C1CCCc2nc(C#Cc3cnco3)ccc21.O=C1CCCc2nc(C#Cc3cncs3)ccc21. The van der Waals surface area contributed by atoms with Gasteiger partial charge in [-0.3, -0.25) is 33.9 Å². The van der Waals surface area contributed by atoms with Crippen molar-refractivity contribution in [1.82, 2.24) is 39.9 Å². The lowest BCUT2D eigenvalue weighted by atomic mass is 9.75. The van der Waals surface area contributed by atoms with Gasteiger partial charge in [0.2, 0.25) is 0 Å². The second-order valence-corrected chi connectivity index (χ2v) is 25.7. The van der Waals surface area contributed by atoms with Gasteiger partial charge in [-0.25, -0.2) is 29.9 Å². The number of oxazole rings is 1. The van der Waals surface area contributed by atoms with E-state index in [1.165, 1.54) is 17.7 Å². The zero-order chi connectivity index (χ0) is 68.2. The lowest BCUT2D eigenvalue weighted by Gasteiger charge is -2.29. The number of aromatic nitrogens is 8. The zero-order valence-corrected chi connectivity index (χ0v) is 56.1. The van der Waals surface area contributed by atoms with E-state index in [2.05, 4.69) is 135 Å². The number of aryl methyl sites for hydroxylation is 4. The number of carbonyl (C=O) groups excluding carboxylic acids is 5. The molecule has 17 heteroatoms. The van der Waals surface area contributed by atoms with Crippen molar-refractivity contribution in [3.63, 3.8) is 0 Å². The maximum absolute atomic E-state index is 12.1. The summed E-state index contributed by atoms with van der Waals surface area (Å²) in [6.07, 6.45) is 18.9. The van der Waals surface area contributed by atoms with Crippen LogP contribution in [0.1, 0.15) is 213 Å². The highest BCUT2D eigenvalue weighted by Crippen LogP contribution is 2.34. The van der Waals surface area contributed by atoms with Crippen molar-refractivity contribution in [2.75, 3.05) is 0 Å². The number of ketones is 5. The molecule has 8 heterocycles. The fourth-order valence-electron chi connectivity index (χ4n) is 11.2. The number of nitriles is 1. The van der Waals surface area contributed by atoms with E-state index >= 15 is 0 Å². The number of halogens is 1. The van der Waals surface area contributed by atoms with Crippen molar-refractivity contribution in [3.8, 4) is 65.3 Å². The van der Waals surface area contributed by atoms with Crippen molar-refractivity contribution in [2.24, 2.45) is 5.41 Å². The van der Waals surface area contributed by atoms with Crippen molar-refractivity contribution >= 4 is 56.2 Å². The number of rotatable bonds is 0. The number of thiazole rings is 1. The molecule has 0 amide bonds. The molecule has 10 aromatic rings. The minimum absolute atomic E-state index is 0.0213. The Balaban J connectivity index is 0.000000124. The first-order valence-electron chi connectivity index (χ1n) is 31.9. The van der Waals surface area contributed by atoms with Crippen molar-refractivity contribution < 1.29 is 28.4 Å². The van der Waals surface area contributed by atoms with Crippen LogP contribution in [0.15, 0.2) is 167 Å². The van der Waals surface area contributed by atoms with Gasteiger partial charge in [0.1, 0.15) is 28.5 Å². The molecule has 478 valence electrons. The lowest BCUT2D eigenvalue weighted by Crippen LogP contribution is -2.28. The number of carbonyl (C=O) groups is 5. The number of hydrogen-bond donors (Lipinski definition) is 0. The van der Waals surface area contributed by atoms with E-state index in [0.29, 0.717) is 60.5 Å². The minimum Gasteiger partial charge on any atom is -0.435 e. The van der Waals surface area contributed by atoms with Crippen LogP contribution in [0.25, 0.3) is 0 Å². The van der Waals surface area contributed by atoms with Crippen LogP contribution >= 0.6 is 27.3 Å². The maximum Gasteiger partial charge on any atom is 0.197 e. The molecule has 15 nitrogen and oxygen atoms in total. The summed E-state index contributed by atoms with van der Waals surface area (Å²) < 4.78 is 6.03. The molecule has 0 N–H and O–H groups in total. The normalized spacial score (nSPS) is 13.9. The Labute approximate surface area is 580 Å². The van der Waals surface area contributed by atoms with E-state index in [0.717, 1.165) is 152 Å². The van der Waals surface area contributed by atoms with Gasteiger partial charge in [0.15, 0.2) is 41.1 Å². The molecule has 5 aliphatic carbocycles. The van der Waals surface area contributed by atoms with Gasteiger partial charge in [-0.05, 0) is 214 Å². The highest BCUT2D eigenvalue weighted by molar-refractivity contribution is 9.10.